The molecule has 0 aliphatic carbocycles. The third kappa shape index (κ3) is 2.78. The first-order valence-corrected chi connectivity index (χ1v) is 6.00. The molecule has 116 valence electrons. The van der Waals surface area contributed by atoms with Gasteiger partial charge in [-0.25, -0.2) is 19.4 Å². The van der Waals surface area contributed by atoms with Crippen molar-refractivity contribution in [2.45, 2.75) is 25.9 Å². The number of aromatic nitrogens is 4. The topological polar surface area (TPSA) is 137 Å². The van der Waals surface area contributed by atoms with E-state index in [9.17, 15) is 13.6 Å². The molecule has 0 aliphatic heterocycles. The summed E-state index contributed by atoms with van der Waals surface area (Å²) in [6.07, 6.45) is 0. The van der Waals surface area contributed by atoms with Crippen molar-refractivity contribution in [2.24, 2.45) is 5.84 Å². The van der Waals surface area contributed by atoms with Gasteiger partial charge in [-0.05, 0) is 0 Å². The Labute approximate surface area is 117 Å². The Bertz CT molecular complexity index is 719. The molecule has 0 saturated carbocycles. The second-order valence-corrected chi connectivity index (χ2v) is 4.56. The third-order valence-corrected chi connectivity index (χ3v) is 2.77. The number of alkyl halides is 2. The number of hydrogen-bond acceptors (Lipinski definition) is 7. The summed E-state index contributed by atoms with van der Waals surface area (Å²) in [7, 11) is 0. The summed E-state index contributed by atoms with van der Waals surface area (Å²) in [5.41, 5.74) is 6.99. The van der Waals surface area contributed by atoms with Crippen LogP contribution in [0.15, 0.2) is 4.79 Å². The second-order valence-electron chi connectivity index (χ2n) is 4.56. The van der Waals surface area contributed by atoms with E-state index in [2.05, 4.69) is 15.4 Å². The summed E-state index contributed by atoms with van der Waals surface area (Å²) < 4.78 is 28.4. The Hall–Kier alpha value is -2.27. The van der Waals surface area contributed by atoms with Gasteiger partial charge in [0.1, 0.15) is 5.52 Å². The Morgan fingerprint density at radius 3 is 2.57 bits per heavy atom. The number of imidazole rings is 1. The second kappa shape index (κ2) is 5.26. The van der Waals surface area contributed by atoms with Gasteiger partial charge in [0.15, 0.2) is 11.5 Å². The molecule has 11 heteroatoms. The zero-order chi connectivity index (χ0) is 15.8. The van der Waals surface area contributed by atoms with E-state index >= 15 is 0 Å². The number of fused-ring (bicyclic) bond motifs is 1. The van der Waals surface area contributed by atoms with E-state index in [4.69, 9.17) is 16.7 Å². The zero-order valence-corrected chi connectivity index (χ0v) is 11.2. The molecule has 0 aliphatic rings. The highest BCUT2D eigenvalue weighted by atomic mass is 19.3. The van der Waals surface area contributed by atoms with Crippen molar-refractivity contribution in [1.82, 2.24) is 19.1 Å². The molecule has 0 bridgehead atoms. The SMILES string of the molecule is CC(F)(F)Cn1c(=O)n(CCO)c2nc(N)nc(NN)c21. The molecule has 0 atom stereocenters. The van der Waals surface area contributed by atoms with Crippen LogP contribution >= 0.6 is 0 Å². The first kappa shape index (κ1) is 15.1. The molecular formula is C10H15F2N7O2. The number of nitrogen functional groups attached to an aromatic ring is 2. The zero-order valence-electron chi connectivity index (χ0n) is 11.2. The number of rotatable bonds is 5. The lowest BCUT2D eigenvalue weighted by atomic mass is 10.3. The molecule has 0 spiro atoms. The largest absolute Gasteiger partial charge is 0.395 e. The minimum Gasteiger partial charge on any atom is -0.395 e. The lowest BCUT2D eigenvalue weighted by molar-refractivity contribution is 0.00395. The van der Waals surface area contributed by atoms with E-state index < -0.39 is 18.2 Å². The smallest absolute Gasteiger partial charge is 0.330 e. The maximum atomic E-state index is 13.3. The molecule has 2 rings (SSSR count). The molecule has 0 aromatic carbocycles. The number of anilines is 2. The van der Waals surface area contributed by atoms with Gasteiger partial charge in [0.05, 0.1) is 19.7 Å². The van der Waals surface area contributed by atoms with Crippen LogP contribution in [0, 0.1) is 0 Å². The molecule has 0 radical (unpaired) electrons. The number of nitrogens with two attached hydrogens (primary N) is 2. The number of aliphatic hydroxyl groups excluding tert-OH is 1. The molecular weight excluding hydrogens is 288 g/mol. The summed E-state index contributed by atoms with van der Waals surface area (Å²) in [6.45, 7) is -0.667. The standard InChI is InChI=1S/C10H15F2N7O2/c1-10(11,12)4-19-5-6(17-14)15-8(13)16-7(5)18(2-3-20)9(19)21/h20H,2-4,14H2,1H3,(H3,13,15,16,17). The first-order chi connectivity index (χ1) is 9.78. The maximum absolute atomic E-state index is 13.3. The Morgan fingerprint density at radius 2 is 2.05 bits per heavy atom. The van der Waals surface area contributed by atoms with Gasteiger partial charge in [-0.1, -0.05) is 0 Å². The highest BCUT2D eigenvalue weighted by Gasteiger charge is 2.28. The molecule has 21 heavy (non-hydrogen) atoms. The highest BCUT2D eigenvalue weighted by Crippen LogP contribution is 2.23. The van der Waals surface area contributed by atoms with Crippen molar-refractivity contribution in [3.8, 4) is 0 Å². The quantitative estimate of drug-likeness (QED) is 0.415. The van der Waals surface area contributed by atoms with Crippen molar-refractivity contribution in [2.75, 3.05) is 17.8 Å². The van der Waals surface area contributed by atoms with E-state index in [0.29, 0.717) is 6.92 Å². The van der Waals surface area contributed by atoms with Crippen LogP contribution < -0.4 is 22.7 Å². The van der Waals surface area contributed by atoms with Crippen molar-refractivity contribution >= 4 is 22.9 Å². The lowest BCUT2D eigenvalue weighted by Gasteiger charge is -2.12. The minimum absolute atomic E-state index is 0.00618. The number of hydrazine groups is 1. The molecule has 0 fully saturated rings. The van der Waals surface area contributed by atoms with Gasteiger partial charge < -0.3 is 16.3 Å². The number of nitrogens with zero attached hydrogens (tertiary/aromatic N) is 4. The lowest BCUT2D eigenvalue weighted by Crippen LogP contribution is -2.31. The molecule has 0 saturated heterocycles. The van der Waals surface area contributed by atoms with Crippen LogP contribution in [-0.4, -0.2) is 36.7 Å². The predicted molar refractivity (Wildman–Crippen MR) is 71.7 cm³/mol. The van der Waals surface area contributed by atoms with Gasteiger partial charge in [-0.2, -0.15) is 9.97 Å². The fourth-order valence-corrected chi connectivity index (χ4v) is 2.06. The minimum atomic E-state index is -3.13. The van der Waals surface area contributed by atoms with E-state index in [1.54, 1.807) is 0 Å². The van der Waals surface area contributed by atoms with Crippen LogP contribution in [0.1, 0.15) is 6.92 Å². The van der Waals surface area contributed by atoms with Crippen molar-refractivity contribution < 1.29 is 13.9 Å². The van der Waals surface area contributed by atoms with E-state index in [0.717, 1.165) is 9.13 Å². The third-order valence-electron chi connectivity index (χ3n) is 2.77. The van der Waals surface area contributed by atoms with Crippen LogP contribution in [0.25, 0.3) is 11.2 Å². The summed E-state index contributed by atoms with van der Waals surface area (Å²) in [6, 6.07) is 0. The number of nitrogens with one attached hydrogen (secondary N) is 1. The normalized spacial score (nSPS) is 12.0. The van der Waals surface area contributed by atoms with Crippen molar-refractivity contribution in [1.29, 1.82) is 0 Å². The maximum Gasteiger partial charge on any atom is 0.330 e. The molecule has 0 unspecified atom stereocenters. The van der Waals surface area contributed by atoms with Gasteiger partial charge in [0.25, 0.3) is 5.92 Å². The van der Waals surface area contributed by atoms with E-state index in [-0.39, 0.29) is 36.1 Å². The Kier molecular flexibility index (Phi) is 3.78. The molecule has 2 aromatic rings. The summed E-state index contributed by atoms with van der Waals surface area (Å²) in [5.74, 6) is 1.94. The van der Waals surface area contributed by atoms with Crippen LogP contribution in [0.2, 0.25) is 0 Å². The number of halogens is 2. The summed E-state index contributed by atoms with van der Waals surface area (Å²) in [5, 5.41) is 9.01. The van der Waals surface area contributed by atoms with Crippen LogP contribution in [0.4, 0.5) is 20.5 Å². The van der Waals surface area contributed by atoms with Gasteiger partial charge in [-0.3, -0.25) is 9.13 Å². The molecule has 2 heterocycles. The molecule has 9 nitrogen and oxygen atoms in total. The van der Waals surface area contributed by atoms with Crippen LogP contribution in [0.5, 0.6) is 0 Å². The molecule has 0 amide bonds. The number of hydrogen-bond donors (Lipinski definition) is 4. The average Bonchev–Trinajstić information content (AvgIpc) is 2.62. The Balaban J connectivity index is 2.83. The van der Waals surface area contributed by atoms with Gasteiger partial charge in [-0.15, -0.1) is 0 Å². The van der Waals surface area contributed by atoms with Crippen molar-refractivity contribution in [3.05, 3.63) is 10.5 Å². The molecule has 6 N–H and O–H groups in total. The van der Waals surface area contributed by atoms with Crippen LogP contribution in [-0.2, 0) is 13.1 Å². The highest BCUT2D eigenvalue weighted by molar-refractivity contribution is 5.84. The van der Waals surface area contributed by atoms with Gasteiger partial charge >= 0.3 is 5.69 Å². The monoisotopic (exact) mass is 303 g/mol. The van der Waals surface area contributed by atoms with Crippen molar-refractivity contribution in [3.63, 3.8) is 0 Å². The van der Waals surface area contributed by atoms with Gasteiger partial charge in [0.2, 0.25) is 5.95 Å². The number of aliphatic hydroxyl groups is 1. The fourth-order valence-electron chi connectivity index (χ4n) is 2.06. The Morgan fingerprint density at radius 1 is 1.38 bits per heavy atom. The van der Waals surface area contributed by atoms with E-state index in [1.807, 2.05) is 0 Å². The first-order valence-electron chi connectivity index (χ1n) is 6.00. The summed E-state index contributed by atoms with van der Waals surface area (Å²) >= 11 is 0. The predicted octanol–water partition coefficient (Wildman–Crippen LogP) is -0.892. The molecule has 2 aromatic heterocycles. The van der Waals surface area contributed by atoms with E-state index in [1.165, 1.54) is 0 Å². The van der Waals surface area contributed by atoms with Crippen LogP contribution in [0.3, 0.4) is 0 Å². The summed E-state index contributed by atoms with van der Waals surface area (Å²) in [4.78, 5) is 19.9. The van der Waals surface area contributed by atoms with Gasteiger partial charge in [0, 0.05) is 6.92 Å². The fraction of sp³-hybridized carbons (Fsp3) is 0.500. The average molecular weight is 303 g/mol.